The molecule has 0 aliphatic rings. The maximum atomic E-state index is 13.6. The van der Waals surface area contributed by atoms with Crippen molar-refractivity contribution < 1.29 is 18.3 Å². The molecule has 0 bridgehead atoms. The number of para-hydroxylation sites is 1. The molecule has 0 unspecified atom stereocenters. The number of aromatic nitrogens is 1. The Bertz CT molecular complexity index is 852. The third-order valence-corrected chi connectivity index (χ3v) is 3.99. The number of anilines is 1. The monoisotopic (exact) mass is 334 g/mol. The van der Waals surface area contributed by atoms with Crippen LogP contribution >= 0.6 is 11.3 Å². The van der Waals surface area contributed by atoms with Gasteiger partial charge in [-0.15, -0.1) is 0 Å². The molecule has 0 aliphatic carbocycles. The van der Waals surface area contributed by atoms with Gasteiger partial charge in [-0.25, -0.2) is 13.8 Å². The number of carbonyl (C=O) groups is 1. The Labute approximate surface area is 134 Å². The van der Waals surface area contributed by atoms with Crippen molar-refractivity contribution in [3.63, 3.8) is 0 Å². The molecule has 7 heteroatoms. The number of halogens is 2. The average Bonchev–Trinajstić information content (AvgIpc) is 2.91. The minimum atomic E-state index is -0.759. The van der Waals surface area contributed by atoms with Crippen LogP contribution in [-0.2, 0) is 4.79 Å². The van der Waals surface area contributed by atoms with E-state index >= 15 is 0 Å². The van der Waals surface area contributed by atoms with Gasteiger partial charge in [0.15, 0.2) is 17.1 Å². The Kier molecular flexibility index (Phi) is 4.20. The molecule has 1 amide bonds. The SMILES string of the molecule is C[C@@H](Oc1ccccc1)C(=O)Nc1nc2c(F)cc(F)cc2s1. The van der Waals surface area contributed by atoms with Crippen LogP contribution in [0.5, 0.6) is 5.75 Å². The molecule has 0 radical (unpaired) electrons. The van der Waals surface area contributed by atoms with Crippen molar-refractivity contribution in [1.82, 2.24) is 4.98 Å². The van der Waals surface area contributed by atoms with Crippen LogP contribution in [0.2, 0.25) is 0 Å². The predicted octanol–water partition coefficient (Wildman–Crippen LogP) is 3.98. The Hall–Kier alpha value is -2.54. The van der Waals surface area contributed by atoms with Crippen LogP contribution in [0.15, 0.2) is 42.5 Å². The second-order valence-corrected chi connectivity index (χ2v) is 5.85. The maximum absolute atomic E-state index is 13.6. The zero-order chi connectivity index (χ0) is 16.4. The highest BCUT2D eigenvalue weighted by Gasteiger charge is 2.18. The fourth-order valence-electron chi connectivity index (χ4n) is 1.97. The molecule has 1 N–H and O–H groups in total. The highest BCUT2D eigenvalue weighted by molar-refractivity contribution is 7.22. The summed E-state index contributed by atoms with van der Waals surface area (Å²) in [5.41, 5.74) is 0.0309. The van der Waals surface area contributed by atoms with E-state index in [1.165, 1.54) is 6.07 Å². The molecule has 23 heavy (non-hydrogen) atoms. The van der Waals surface area contributed by atoms with E-state index < -0.39 is 23.6 Å². The third-order valence-electron chi connectivity index (χ3n) is 3.07. The van der Waals surface area contributed by atoms with Crippen LogP contribution in [0.1, 0.15) is 6.92 Å². The molecule has 1 aromatic heterocycles. The van der Waals surface area contributed by atoms with Crippen molar-refractivity contribution in [2.24, 2.45) is 0 Å². The maximum Gasteiger partial charge on any atom is 0.266 e. The van der Waals surface area contributed by atoms with Gasteiger partial charge in [-0.2, -0.15) is 0 Å². The topological polar surface area (TPSA) is 51.2 Å². The van der Waals surface area contributed by atoms with Crippen LogP contribution < -0.4 is 10.1 Å². The highest BCUT2D eigenvalue weighted by Crippen LogP contribution is 2.28. The van der Waals surface area contributed by atoms with E-state index in [1.54, 1.807) is 31.2 Å². The molecule has 118 valence electrons. The molecular formula is C16H12F2N2O2S. The summed E-state index contributed by atoms with van der Waals surface area (Å²) in [6.07, 6.45) is -0.758. The first-order chi connectivity index (χ1) is 11.0. The van der Waals surface area contributed by atoms with Crippen LogP contribution in [-0.4, -0.2) is 17.0 Å². The number of thiazole rings is 1. The summed E-state index contributed by atoms with van der Waals surface area (Å²) in [6.45, 7) is 1.59. The number of benzene rings is 2. The summed E-state index contributed by atoms with van der Waals surface area (Å²) in [5.74, 6) is -1.30. The quantitative estimate of drug-likeness (QED) is 0.785. The number of hydrogen-bond acceptors (Lipinski definition) is 4. The second kappa shape index (κ2) is 6.29. The van der Waals surface area contributed by atoms with Crippen LogP contribution in [0, 0.1) is 11.6 Å². The minimum Gasteiger partial charge on any atom is -0.481 e. The number of fused-ring (bicyclic) bond motifs is 1. The summed E-state index contributed by atoms with van der Waals surface area (Å²) >= 11 is 0.999. The number of nitrogens with one attached hydrogen (secondary N) is 1. The van der Waals surface area contributed by atoms with E-state index in [-0.39, 0.29) is 10.6 Å². The van der Waals surface area contributed by atoms with E-state index in [0.717, 1.165) is 17.4 Å². The molecule has 0 aliphatic heterocycles. The van der Waals surface area contributed by atoms with Crippen molar-refractivity contribution in [3.05, 3.63) is 54.1 Å². The first-order valence-corrected chi connectivity index (χ1v) is 7.63. The largest absolute Gasteiger partial charge is 0.481 e. The normalized spacial score (nSPS) is 12.1. The summed E-state index contributed by atoms with van der Waals surface area (Å²) in [4.78, 5) is 16.1. The van der Waals surface area contributed by atoms with Gasteiger partial charge in [-0.1, -0.05) is 29.5 Å². The van der Waals surface area contributed by atoms with Crippen molar-refractivity contribution in [1.29, 1.82) is 0 Å². The van der Waals surface area contributed by atoms with Gasteiger partial charge in [0, 0.05) is 6.07 Å². The lowest BCUT2D eigenvalue weighted by Gasteiger charge is -2.13. The third kappa shape index (κ3) is 3.45. The molecular weight excluding hydrogens is 322 g/mol. The fourth-order valence-corrected chi connectivity index (χ4v) is 2.88. The molecule has 0 saturated heterocycles. The van der Waals surface area contributed by atoms with E-state index in [0.29, 0.717) is 10.4 Å². The van der Waals surface area contributed by atoms with Crippen LogP contribution in [0.4, 0.5) is 13.9 Å². The molecule has 1 heterocycles. The van der Waals surface area contributed by atoms with Gasteiger partial charge in [0.05, 0.1) is 4.70 Å². The van der Waals surface area contributed by atoms with Crippen molar-refractivity contribution in [3.8, 4) is 5.75 Å². The van der Waals surface area contributed by atoms with E-state index in [1.807, 2.05) is 6.07 Å². The average molecular weight is 334 g/mol. The van der Waals surface area contributed by atoms with Gasteiger partial charge >= 0.3 is 0 Å². The van der Waals surface area contributed by atoms with Gasteiger partial charge in [0.2, 0.25) is 0 Å². The summed E-state index contributed by atoms with van der Waals surface area (Å²) in [6, 6.07) is 10.8. The number of amides is 1. The Morgan fingerprint density at radius 2 is 2.00 bits per heavy atom. The number of ether oxygens (including phenoxy) is 1. The number of nitrogens with zero attached hydrogens (tertiary/aromatic N) is 1. The number of carbonyl (C=O) groups excluding carboxylic acids is 1. The summed E-state index contributed by atoms with van der Waals surface area (Å²) in [7, 11) is 0. The van der Waals surface area contributed by atoms with Gasteiger partial charge in [0.25, 0.3) is 5.91 Å². The second-order valence-electron chi connectivity index (χ2n) is 4.82. The van der Waals surface area contributed by atoms with Gasteiger partial charge in [0.1, 0.15) is 17.1 Å². The Morgan fingerprint density at radius 3 is 2.74 bits per heavy atom. The molecule has 0 saturated carbocycles. The molecule has 3 rings (SSSR count). The standard InChI is InChI=1S/C16H12F2N2O2S/c1-9(22-11-5-3-2-4-6-11)15(21)20-16-19-14-12(18)7-10(17)8-13(14)23-16/h2-9H,1H3,(H,19,20,21)/t9-/m1/s1. The highest BCUT2D eigenvalue weighted by atomic mass is 32.1. The van der Waals surface area contributed by atoms with E-state index in [4.69, 9.17) is 4.74 Å². The molecule has 3 aromatic rings. The van der Waals surface area contributed by atoms with Crippen molar-refractivity contribution in [2.75, 3.05) is 5.32 Å². The molecule has 0 fully saturated rings. The lowest BCUT2D eigenvalue weighted by Crippen LogP contribution is -2.30. The Balaban J connectivity index is 1.73. The summed E-state index contributed by atoms with van der Waals surface area (Å²) in [5, 5.41) is 2.75. The summed E-state index contributed by atoms with van der Waals surface area (Å²) < 4.78 is 32.6. The first-order valence-electron chi connectivity index (χ1n) is 6.81. The van der Waals surface area contributed by atoms with Crippen molar-refractivity contribution >= 4 is 32.6 Å². The minimum absolute atomic E-state index is 0.0309. The zero-order valence-corrected chi connectivity index (χ0v) is 12.9. The lowest BCUT2D eigenvalue weighted by atomic mass is 10.3. The van der Waals surface area contributed by atoms with Gasteiger partial charge in [-0.3, -0.25) is 10.1 Å². The Morgan fingerprint density at radius 1 is 1.26 bits per heavy atom. The first kappa shape index (κ1) is 15.4. The number of rotatable bonds is 4. The van der Waals surface area contributed by atoms with E-state index in [9.17, 15) is 13.6 Å². The van der Waals surface area contributed by atoms with Crippen molar-refractivity contribution in [2.45, 2.75) is 13.0 Å². The smallest absolute Gasteiger partial charge is 0.266 e. The van der Waals surface area contributed by atoms with Gasteiger partial charge in [-0.05, 0) is 25.1 Å². The van der Waals surface area contributed by atoms with Crippen LogP contribution in [0.25, 0.3) is 10.2 Å². The van der Waals surface area contributed by atoms with E-state index in [2.05, 4.69) is 10.3 Å². The molecule has 0 spiro atoms. The zero-order valence-electron chi connectivity index (χ0n) is 12.0. The fraction of sp³-hybridized carbons (Fsp3) is 0.125. The molecule has 4 nitrogen and oxygen atoms in total. The number of hydrogen-bond donors (Lipinski definition) is 1. The molecule has 1 atom stereocenters. The van der Waals surface area contributed by atoms with Crippen LogP contribution in [0.3, 0.4) is 0 Å². The molecule has 2 aromatic carbocycles. The van der Waals surface area contributed by atoms with Gasteiger partial charge < -0.3 is 4.74 Å². The predicted molar refractivity (Wildman–Crippen MR) is 84.7 cm³/mol. The lowest BCUT2D eigenvalue weighted by molar-refractivity contribution is -0.122.